The minimum atomic E-state index is -0.338. The van der Waals surface area contributed by atoms with Gasteiger partial charge < -0.3 is 9.64 Å². The lowest BCUT2D eigenvalue weighted by molar-refractivity contribution is 0.101. The molecule has 1 fully saturated rings. The highest BCUT2D eigenvalue weighted by molar-refractivity contribution is 6.30. The van der Waals surface area contributed by atoms with Crippen molar-refractivity contribution in [2.24, 2.45) is 0 Å². The van der Waals surface area contributed by atoms with Gasteiger partial charge in [0.15, 0.2) is 5.78 Å². The molecule has 2 aromatic rings. The van der Waals surface area contributed by atoms with Crippen LogP contribution in [0.15, 0.2) is 42.5 Å². The van der Waals surface area contributed by atoms with Crippen molar-refractivity contribution in [1.29, 1.82) is 0 Å². The number of ether oxygens (including phenoxy) is 1. The number of nitrogens with zero attached hydrogens (tertiary/aromatic N) is 2. The first-order valence-electron chi connectivity index (χ1n) is 8.69. The fourth-order valence-corrected chi connectivity index (χ4v) is 3.22. The molecule has 0 atom stereocenters. The van der Waals surface area contributed by atoms with Gasteiger partial charge in [0.25, 0.3) is 0 Å². The molecule has 1 aliphatic heterocycles. The van der Waals surface area contributed by atoms with Crippen molar-refractivity contribution >= 4 is 23.1 Å². The van der Waals surface area contributed by atoms with E-state index in [9.17, 15) is 9.18 Å². The predicted molar refractivity (Wildman–Crippen MR) is 102 cm³/mol. The van der Waals surface area contributed by atoms with Crippen LogP contribution >= 0.6 is 11.6 Å². The fourth-order valence-electron chi connectivity index (χ4n) is 3.04. The van der Waals surface area contributed by atoms with E-state index in [2.05, 4.69) is 4.90 Å². The summed E-state index contributed by atoms with van der Waals surface area (Å²) in [4.78, 5) is 15.7. The van der Waals surface area contributed by atoms with Crippen LogP contribution in [-0.2, 0) is 0 Å². The van der Waals surface area contributed by atoms with Gasteiger partial charge in [-0.3, -0.25) is 9.69 Å². The van der Waals surface area contributed by atoms with E-state index >= 15 is 0 Å². The van der Waals surface area contributed by atoms with E-state index in [1.54, 1.807) is 18.2 Å². The van der Waals surface area contributed by atoms with Crippen molar-refractivity contribution in [3.8, 4) is 5.75 Å². The molecule has 0 unspecified atom stereocenters. The van der Waals surface area contributed by atoms with E-state index in [1.165, 1.54) is 13.0 Å². The summed E-state index contributed by atoms with van der Waals surface area (Å²) < 4.78 is 20.0. The summed E-state index contributed by atoms with van der Waals surface area (Å²) in [5, 5.41) is 0.661. The van der Waals surface area contributed by atoms with Crippen LogP contribution in [0.5, 0.6) is 5.75 Å². The Balaban J connectivity index is 1.47. The Labute approximate surface area is 158 Å². The Hall–Kier alpha value is -2.11. The number of carbonyl (C=O) groups excluding carboxylic acids is 1. The molecule has 0 N–H and O–H groups in total. The van der Waals surface area contributed by atoms with Gasteiger partial charge in [-0.05, 0) is 43.3 Å². The molecule has 26 heavy (non-hydrogen) atoms. The highest BCUT2D eigenvalue weighted by atomic mass is 35.5. The van der Waals surface area contributed by atoms with E-state index in [0.717, 1.165) is 38.5 Å². The third-order valence-electron chi connectivity index (χ3n) is 4.54. The molecular weight excluding hydrogens is 355 g/mol. The van der Waals surface area contributed by atoms with Gasteiger partial charge in [-0.15, -0.1) is 0 Å². The predicted octanol–water partition coefficient (Wildman–Crippen LogP) is 3.88. The zero-order valence-electron chi connectivity index (χ0n) is 14.8. The Morgan fingerprint density at radius 1 is 1.15 bits per heavy atom. The second-order valence-electron chi connectivity index (χ2n) is 6.36. The van der Waals surface area contributed by atoms with E-state index in [0.29, 0.717) is 22.9 Å². The van der Waals surface area contributed by atoms with Crippen molar-refractivity contribution in [3.05, 3.63) is 58.9 Å². The maximum atomic E-state index is 14.3. The third kappa shape index (κ3) is 4.74. The van der Waals surface area contributed by atoms with E-state index in [-0.39, 0.29) is 11.6 Å². The topological polar surface area (TPSA) is 32.8 Å². The van der Waals surface area contributed by atoms with Crippen molar-refractivity contribution in [1.82, 2.24) is 4.90 Å². The summed E-state index contributed by atoms with van der Waals surface area (Å²) in [6.45, 7) is 6.01. The molecule has 1 saturated heterocycles. The normalized spacial score (nSPS) is 15.1. The number of halogens is 2. The molecule has 0 aromatic heterocycles. The minimum Gasteiger partial charge on any atom is -0.492 e. The number of anilines is 1. The number of rotatable bonds is 6. The lowest BCUT2D eigenvalue weighted by Crippen LogP contribution is -2.47. The van der Waals surface area contributed by atoms with Gasteiger partial charge in [0.05, 0.1) is 5.69 Å². The molecule has 1 aliphatic rings. The molecular formula is C20H22ClFN2O2. The maximum absolute atomic E-state index is 14.3. The first-order chi connectivity index (χ1) is 12.5. The quantitative estimate of drug-likeness (QED) is 0.716. The highest BCUT2D eigenvalue weighted by Crippen LogP contribution is 2.22. The Bertz CT molecular complexity index is 776. The molecule has 0 spiro atoms. The smallest absolute Gasteiger partial charge is 0.159 e. The number of piperazine rings is 1. The average molecular weight is 377 g/mol. The molecule has 4 nitrogen and oxygen atoms in total. The second kappa shape index (κ2) is 8.52. The first kappa shape index (κ1) is 18.7. The Morgan fingerprint density at radius 3 is 2.58 bits per heavy atom. The SMILES string of the molecule is CC(=O)c1ccc(N2CCN(CCOc3cccc(Cl)c3)CC2)c(F)c1. The Kier molecular flexibility index (Phi) is 6.12. The molecule has 3 rings (SSSR count). The van der Waals surface area contributed by atoms with Crippen molar-refractivity contribution in [3.63, 3.8) is 0 Å². The van der Waals surface area contributed by atoms with Crippen LogP contribution in [0.3, 0.4) is 0 Å². The number of benzene rings is 2. The van der Waals surface area contributed by atoms with Crippen molar-refractivity contribution in [2.45, 2.75) is 6.92 Å². The third-order valence-corrected chi connectivity index (χ3v) is 4.77. The van der Waals surface area contributed by atoms with Crippen LogP contribution in [0.1, 0.15) is 17.3 Å². The Morgan fingerprint density at radius 2 is 1.92 bits per heavy atom. The summed E-state index contributed by atoms with van der Waals surface area (Å²) >= 11 is 5.94. The van der Waals surface area contributed by atoms with Crippen LogP contribution in [0.4, 0.5) is 10.1 Å². The standard InChI is InChI=1S/C20H22ClFN2O2/c1-15(25)16-5-6-20(19(22)13-16)24-9-7-23(8-10-24)11-12-26-18-4-2-3-17(21)14-18/h2-6,13-14H,7-12H2,1H3. The average Bonchev–Trinajstić information content (AvgIpc) is 2.62. The zero-order valence-corrected chi connectivity index (χ0v) is 15.5. The molecule has 0 saturated carbocycles. The van der Waals surface area contributed by atoms with Gasteiger partial charge >= 0.3 is 0 Å². The monoisotopic (exact) mass is 376 g/mol. The van der Waals surface area contributed by atoms with Crippen molar-refractivity contribution in [2.75, 3.05) is 44.2 Å². The van der Waals surface area contributed by atoms with Crippen molar-refractivity contribution < 1.29 is 13.9 Å². The van der Waals surface area contributed by atoms with Gasteiger partial charge in [-0.1, -0.05) is 17.7 Å². The summed E-state index contributed by atoms with van der Waals surface area (Å²) in [6, 6.07) is 12.1. The van der Waals surface area contributed by atoms with Crippen LogP contribution in [0.25, 0.3) is 0 Å². The molecule has 138 valence electrons. The van der Waals surface area contributed by atoms with Gasteiger partial charge in [0.1, 0.15) is 18.2 Å². The largest absolute Gasteiger partial charge is 0.492 e. The van der Waals surface area contributed by atoms with Crippen LogP contribution in [0.2, 0.25) is 5.02 Å². The fraction of sp³-hybridized carbons (Fsp3) is 0.350. The van der Waals surface area contributed by atoms with Gasteiger partial charge in [-0.25, -0.2) is 4.39 Å². The molecule has 0 bridgehead atoms. The summed E-state index contributed by atoms with van der Waals surface area (Å²) in [6.07, 6.45) is 0. The number of Topliss-reactive ketones (excluding diaryl/α,β-unsaturated/α-hetero) is 1. The minimum absolute atomic E-state index is 0.125. The van der Waals surface area contributed by atoms with Crippen LogP contribution in [-0.4, -0.2) is 50.0 Å². The number of hydrogen-bond donors (Lipinski definition) is 0. The number of hydrogen-bond acceptors (Lipinski definition) is 4. The van der Waals surface area contributed by atoms with E-state index in [1.807, 2.05) is 23.1 Å². The number of carbonyl (C=O) groups is 1. The molecule has 0 aliphatic carbocycles. The zero-order chi connectivity index (χ0) is 18.5. The van der Waals surface area contributed by atoms with Gasteiger partial charge in [-0.2, -0.15) is 0 Å². The lowest BCUT2D eigenvalue weighted by atomic mass is 10.1. The number of ketones is 1. The van der Waals surface area contributed by atoms with Crippen LogP contribution < -0.4 is 9.64 Å². The first-order valence-corrected chi connectivity index (χ1v) is 9.07. The second-order valence-corrected chi connectivity index (χ2v) is 6.79. The summed E-state index contributed by atoms with van der Waals surface area (Å²) in [5.74, 6) is 0.305. The molecule has 0 radical (unpaired) electrons. The molecule has 1 heterocycles. The highest BCUT2D eigenvalue weighted by Gasteiger charge is 2.20. The van der Waals surface area contributed by atoms with E-state index < -0.39 is 0 Å². The van der Waals surface area contributed by atoms with E-state index in [4.69, 9.17) is 16.3 Å². The van der Waals surface area contributed by atoms with Crippen LogP contribution in [0, 0.1) is 5.82 Å². The molecule has 6 heteroatoms. The molecule has 2 aromatic carbocycles. The summed E-state index contributed by atoms with van der Waals surface area (Å²) in [5.41, 5.74) is 0.966. The van der Waals surface area contributed by atoms with Gasteiger partial charge in [0, 0.05) is 43.3 Å². The maximum Gasteiger partial charge on any atom is 0.159 e. The summed E-state index contributed by atoms with van der Waals surface area (Å²) in [7, 11) is 0. The van der Waals surface area contributed by atoms with Gasteiger partial charge in [0.2, 0.25) is 0 Å². The lowest BCUT2D eigenvalue weighted by Gasteiger charge is -2.36. The molecule has 0 amide bonds.